The van der Waals surface area contributed by atoms with Crippen molar-refractivity contribution < 1.29 is 18.8 Å². The number of benzene rings is 6. The molecule has 0 saturated heterocycles. The van der Waals surface area contributed by atoms with Crippen LogP contribution < -0.4 is 30.3 Å². The molecular formula is C68H94O4P2+2. The van der Waals surface area contributed by atoms with Gasteiger partial charge in [0.1, 0.15) is 0 Å². The Kier molecular flexibility index (Phi) is 15.9. The highest BCUT2D eigenvalue weighted by molar-refractivity contribution is 7.81. The fourth-order valence-corrected chi connectivity index (χ4v) is 15.4. The van der Waals surface area contributed by atoms with E-state index < -0.39 is 15.4 Å². The van der Waals surface area contributed by atoms with Gasteiger partial charge in [0.2, 0.25) is 0 Å². The summed E-state index contributed by atoms with van der Waals surface area (Å²) in [5, 5.41) is 3.37. The fraction of sp³-hybridized carbons (Fsp3) is 0.471. The van der Waals surface area contributed by atoms with E-state index in [4.69, 9.17) is 9.05 Å². The summed E-state index contributed by atoms with van der Waals surface area (Å²) < 4.78 is 14.4. The summed E-state index contributed by atoms with van der Waals surface area (Å²) in [5.74, 6) is 1.19. The summed E-state index contributed by atoms with van der Waals surface area (Å²) in [6, 6.07) is 42.6. The van der Waals surface area contributed by atoms with Gasteiger partial charge in [-0.25, -0.2) is 9.79 Å². The monoisotopic (exact) mass is 1040 g/mol. The Hall–Kier alpha value is -4.30. The van der Waals surface area contributed by atoms with Crippen LogP contribution in [0.1, 0.15) is 211 Å². The maximum atomic E-state index is 13.7. The largest absolute Gasteiger partial charge is 0.383 e. The maximum absolute atomic E-state index is 13.7. The standard InChI is InChI=1S/C68H94O4P2/c1-61(2,3)47-29-37-57(53(41-47)65(13,14)15)73(69,58-38-30-48(62(4,5)6)42-54(58)66(16,17)18)71-51-33-25-45(26-34-51)46-27-35-52(36-28-46)72-74(70,59-39-31-49(63(7,8)9)43-55(59)67(19,20)21)60-40-32-50(64(10,11)12)44-56(60)68(22,23)24/h25-44,69-70H,1-24H3/q+2. The van der Waals surface area contributed by atoms with E-state index in [0.717, 1.165) is 54.6 Å². The molecule has 0 radical (unpaired) electrons. The zero-order chi connectivity index (χ0) is 55.8. The summed E-state index contributed by atoms with van der Waals surface area (Å²) in [4.78, 5) is 27.5. The highest BCUT2D eigenvalue weighted by atomic mass is 31.2. The van der Waals surface area contributed by atoms with E-state index in [0.29, 0.717) is 11.5 Å². The van der Waals surface area contributed by atoms with Crippen molar-refractivity contribution in [3.05, 3.63) is 166 Å². The van der Waals surface area contributed by atoms with Crippen molar-refractivity contribution in [2.24, 2.45) is 0 Å². The van der Waals surface area contributed by atoms with Gasteiger partial charge in [-0.2, -0.15) is 0 Å². The van der Waals surface area contributed by atoms with Crippen molar-refractivity contribution in [1.29, 1.82) is 0 Å². The lowest BCUT2D eigenvalue weighted by Gasteiger charge is -2.32. The molecule has 0 amide bonds. The molecule has 0 bridgehead atoms. The minimum Gasteiger partial charge on any atom is -0.309 e. The quantitative estimate of drug-likeness (QED) is 0.142. The molecule has 4 nitrogen and oxygen atoms in total. The van der Waals surface area contributed by atoms with Crippen LogP contribution in [-0.4, -0.2) is 9.79 Å². The molecule has 2 N–H and O–H groups in total. The van der Waals surface area contributed by atoms with Crippen molar-refractivity contribution in [3.8, 4) is 22.6 Å². The third-order valence-electron chi connectivity index (χ3n) is 14.5. The van der Waals surface area contributed by atoms with Crippen LogP contribution >= 0.6 is 15.4 Å². The lowest BCUT2D eigenvalue weighted by molar-refractivity contribution is 0.477. The summed E-state index contributed by atoms with van der Waals surface area (Å²) in [7, 11) is -7.12. The molecule has 0 aromatic heterocycles. The second-order valence-corrected chi connectivity index (χ2v) is 33.9. The molecule has 0 saturated carbocycles. The molecule has 6 aromatic rings. The summed E-state index contributed by atoms with van der Waals surface area (Å²) in [5.41, 5.74) is 9.77. The van der Waals surface area contributed by atoms with Gasteiger partial charge in [0.25, 0.3) is 0 Å². The molecule has 6 rings (SSSR count). The zero-order valence-corrected chi connectivity index (χ0v) is 51.9. The smallest absolute Gasteiger partial charge is 0.309 e. The van der Waals surface area contributed by atoms with Crippen LogP contribution in [0.25, 0.3) is 11.1 Å². The van der Waals surface area contributed by atoms with E-state index >= 15 is 0 Å². The van der Waals surface area contributed by atoms with E-state index in [1.54, 1.807) is 0 Å². The first kappa shape index (κ1) is 59.0. The third kappa shape index (κ3) is 12.7. The third-order valence-corrected chi connectivity index (χ3v) is 19.6. The minimum atomic E-state index is -3.56. The molecule has 0 spiro atoms. The number of hydrogen-bond donors (Lipinski definition) is 2. The van der Waals surface area contributed by atoms with Crippen molar-refractivity contribution >= 4 is 36.7 Å². The average Bonchev–Trinajstić information content (AvgIpc) is 3.26. The number of hydrogen-bond acceptors (Lipinski definition) is 4. The molecule has 0 aliphatic heterocycles. The minimum absolute atomic E-state index is 0.0773. The van der Waals surface area contributed by atoms with E-state index in [9.17, 15) is 9.79 Å². The first-order valence-corrected chi connectivity index (χ1v) is 30.2. The molecule has 0 aliphatic rings. The second-order valence-electron chi connectivity index (χ2n) is 29.3. The van der Waals surface area contributed by atoms with Gasteiger partial charge < -0.3 is 9.05 Å². The van der Waals surface area contributed by atoms with E-state index in [2.05, 4.69) is 263 Å². The Morgan fingerprint density at radius 2 is 0.446 bits per heavy atom. The molecule has 0 atom stereocenters. The predicted molar refractivity (Wildman–Crippen MR) is 325 cm³/mol. The predicted octanol–water partition coefficient (Wildman–Crippen LogP) is 17.5. The van der Waals surface area contributed by atoms with Crippen molar-refractivity contribution in [3.63, 3.8) is 0 Å². The molecule has 0 aliphatic carbocycles. The molecule has 0 fully saturated rings. The SMILES string of the molecule is CC(C)(C)c1ccc([P+](O)(Oc2ccc(-c3ccc(O[P+](O)(c4ccc(C(C)(C)C)cc4C(C)(C)C)c4ccc(C(C)(C)C)cc4C(C)(C)C)cc3)cc2)c2ccc(C(C)(C)C)cc2C(C)(C)C)c(C(C)(C)C)c1. The normalized spacial score (nSPS) is 13.8. The molecular weight excluding hydrogens is 943 g/mol. The van der Waals surface area contributed by atoms with Crippen molar-refractivity contribution in [1.82, 2.24) is 0 Å². The molecule has 6 aromatic carbocycles. The van der Waals surface area contributed by atoms with Gasteiger partial charge in [-0.1, -0.05) is 239 Å². The van der Waals surface area contributed by atoms with E-state index in [1.807, 2.05) is 24.3 Å². The maximum Gasteiger partial charge on any atom is 0.383 e. The summed E-state index contributed by atoms with van der Waals surface area (Å²) in [6.45, 7) is 53.6. The van der Waals surface area contributed by atoms with Crippen LogP contribution in [0.4, 0.5) is 0 Å². The van der Waals surface area contributed by atoms with Gasteiger partial charge in [0, 0.05) is 22.3 Å². The average molecular weight is 1040 g/mol. The van der Waals surface area contributed by atoms with Crippen LogP contribution in [0, 0.1) is 0 Å². The van der Waals surface area contributed by atoms with Crippen LogP contribution in [-0.2, 0) is 43.3 Å². The van der Waals surface area contributed by atoms with E-state index in [-0.39, 0.29) is 43.3 Å². The first-order chi connectivity index (χ1) is 33.5. The van der Waals surface area contributed by atoms with Crippen molar-refractivity contribution in [2.75, 3.05) is 0 Å². The van der Waals surface area contributed by atoms with Gasteiger partial charge in [-0.15, -0.1) is 0 Å². The molecule has 0 heterocycles. The summed E-state index contributed by atoms with van der Waals surface area (Å²) >= 11 is 0. The lowest BCUT2D eigenvalue weighted by Crippen LogP contribution is -2.37. The first-order valence-electron chi connectivity index (χ1n) is 26.9. The van der Waals surface area contributed by atoms with Gasteiger partial charge in [0.05, 0.1) is 0 Å². The Balaban J connectivity index is 1.47. The molecule has 74 heavy (non-hydrogen) atoms. The Labute approximate surface area is 451 Å². The van der Waals surface area contributed by atoms with Gasteiger partial charge >= 0.3 is 15.4 Å². The summed E-state index contributed by atoms with van der Waals surface area (Å²) in [6.07, 6.45) is 0. The molecule has 0 unspecified atom stereocenters. The topological polar surface area (TPSA) is 58.9 Å². The van der Waals surface area contributed by atoms with Crippen molar-refractivity contribution in [2.45, 2.75) is 209 Å². The van der Waals surface area contributed by atoms with E-state index in [1.165, 1.54) is 22.3 Å². The zero-order valence-electron chi connectivity index (χ0n) is 50.2. The van der Waals surface area contributed by atoms with Crippen LogP contribution in [0.5, 0.6) is 11.5 Å². The molecule has 398 valence electrons. The molecule has 6 heteroatoms. The Morgan fingerprint density at radius 1 is 0.257 bits per heavy atom. The van der Waals surface area contributed by atoms with Crippen LogP contribution in [0.15, 0.2) is 121 Å². The van der Waals surface area contributed by atoms with Gasteiger partial charge in [-0.05, 0) is 125 Å². The van der Waals surface area contributed by atoms with Crippen LogP contribution in [0.3, 0.4) is 0 Å². The fourth-order valence-electron chi connectivity index (χ4n) is 9.65. The highest BCUT2D eigenvalue weighted by Crippen LogP contribution is 2.59. The number of rotatable bonds is 9. The lowest BCUT2D eigenvalue weighted by atomic mass is 9.80. The van der Waals surface area contributed by atoms with Crippen LogP contribution in [0.2, 0.25) is 0 Å². The van der Waals surface area contributed by atoms with Gasteiger partial charge in [-0.3, -0.25) is 0 Å². The highest BCUT2D eigenvalue weighted by Gasteiger charge is 2.54. The second kappa shape index (κ2) is 19.9. The van der Waals surface area contributed by atoms with Gasteiger partial charge in [0.15, 0.2) is 32.7 Å². The Morgan fingerprint density at radius 3 is 0.608 bits per heavy atom. The Bertz CT molecular complexity index is 2600.